The van der Waals surface area contributed by atoms with Crippen LogP contribution in [-0.2, 0) is 6.54 Å². The van der Waals surface area contributed by atoms with E-state index in [-0.39, 0.29) is 0 Å². The zero-order chi connectivity index (χ0) is 11.9. The van der Waals surface area contributed by atoms with E-state index in [0.29, 0.717) is 6.04 Å². The molecule has 3 heteroatoms. The molecule has 1 atom stereocenters. The van der Waals surface area contributed by atoms with Gasteiger partial charge in [-0.15, -0.1) is 0 Å². The molecule has 0 aromatic carbocycles. The zero-order valence-electron chi connectivity index (χ0n) is 10.7. The Morgan fingerprint density at radius 3 is 2.47 bits per heavy atom. The maximum absolute atomic E-state index is 4.24. The largest absolute Gasteiger partial charge is 0.307 e. The number of nitrogens with zero attached hydrogens (tertiary/aromatic N) is 2. The minimum Gasteiger partial charge on any atom is -0.307 e. The summed E-state index contributed by atoms with van der Waals surface area (Å²) in [4.78, 5) is 8.48. The summed E-state index contributed by atoms with van der Waals surface area (Å²) in [5, 5.41) is 3.57. The Bertz CT molecular complexity index is 305. The highest BCUT2D eigenvalue weighted by atomic mass is 15.0. The highest BCUT2D eigenvalue weighted by molar-refractivity contribution is 4.88. The smallest absolute Gasteiger partial charge is 0.141 e. The Morgan fingerprint density at radius 2 is 1.82 bits per heavy atom. The lowest BCUT2D eigenvalue weighted by atomic mass is 9.93. The van der Waals surface area contributed by atoms with Crippen LogP contribution in [0.4, 0.5) is 0 Å². The Morgan fingerprint density at radius 1 is 1.18 bits per heavy atom. The lowest BCUT2D eigenvalue weighted by molar-refractivity contribution is 0.334. The van der Waals surface area contributed by atoms with Gasteiger partial charge in [0.2, 0.25) is 0 Å². The molecular weight excluding hydrogens is 210 g/mol. The molecule has 1 N–H and O–H groups in total. The monoisotopic (exact) mass is 233 g/mol. The maximum Gasteiger partial charge on any atom is 0.141 e. The van der Waals surface area contributed by atoms with Gasteiger partial charge < -0.3 is 5.32 Å². The van der Waals surface area contributed by atoms with Crippen LogP contribution in [0, 0.1) is 5.92 Å². The van der Waals surface area contributed by atoms with Gasteiger partial charge in [-0.05, 0) is 31.7 Å². The van der Waals surface area contributed by atoms with E-state index < -0.39 is 0 Å². The fraction of sp³-hybridized carbons (Fsp3) is 0.714. The highest BCUT2D eigenvalue weighted by Crippen LogP contribution is 2.25. The van der Waals surface area contributed by atoms with Gasteiger partial charge in [0, 0.05) is 18.4 Å². The van der Waals surface area contributed by atoms with Gasteiger partial charge in [0.05, 0.1) is 6.54 Å². The van der Waals surface area contributed by atoms with Gasteiger partial charge in [-0.1, -0.05) is 25.7 Å². The molecule has 1 aliphatic rings. The summed E-state index contributed by atoms with van der Waals surface area (Å²) in [6.07, 6.45) is 12.0. The van der Waals surface area contributed by atoms with E-state index in [4.69, 9.17) is 0 Å². The van der Waals surface area contributed by atoms with Crippen LogP contribution in [-0.4, -0.2) is 16.0 Å². The summed E-state index contributed by atoms with van der Waals surface area (Å²) in [5.41, 5.74) is 0. The average molecular weight is 233 g/mol. The second-order valence-corrected chi connectivity index (χ2v) is 5.09. The molecule has 0 saturated heterocycles. The third-order valence-corrected chi connectivity index (χ3v) is 3.81. The van der Waals surface area contributed by atoms with Crippen LogP contribution in [0.15, 0.2) is 18.5 Å². The van der Waals surface area contributed by atoms with Crippen LogP contribution < -0.4 is 5.32 Å². The predicted octanol–water partition coefficient (Wildman–Crippen LogP) is 2.93. The Hall–Kier alpha value is -0.960. The van der Waals surface area contributed by atoms with E-state index in [2.05, 4.69) is 22.2 Å². The quantitative estimate of drug-likeness (QED) is 0.813. The lowest BCUT2D eigenvalue weighted by Gasteiger charge is -2.23. The second-order valence-electron chi connectivity index (χ2n) is 5.09. The summed E-state index contributed by atoms with van der Waals surface area (Å²) in [5.74, 6) is 1.73. The molecule has 1 fully saturated rings. The van der Waals surface area contributed by atoms with E-state index >= 15 is 0 Å². The van der Waals surface area contributed by atoms with Crippen molar-refractivity contribution in [3.8, 4) is 0 Å². The van der Waals surface area contributed by atoms with Crippen molar-refractivity contribution in [2.24, 2.45) is 5.92 Å². The molecule has 94 valence electrons. The van der Waals surface area contributed by atoms with E-state index in [0.717, 1.165) is 18.3 Å². The molecule has 1 heterocycles. The molecule has 3 nitrogen and oxygen atoms in total. The van der Waals surface area contributed by atoms with Gasteiger partial charge in [0.15, 0.2) is 0 Å². The van der Waals surface area contributed by atoms with Crippen molar-refractivity contribution in [3.05, 3.63) is 24.3 Å². The first-order chi connectivity index (χ1) is 8.36. The van der Waals surface area contributed by atoms with Gasteiger partial charge in [0.1, 0.15) is 5.82 Å². The van der Waals surface area contributed by atoms with Gasteiger partial charge in [0.25, 0.3) is 0 Å². The van der Waals surface area contributed by atoms with Gasteiger partial charge in [-0.3, -0.25) is 0 Å². The first kappa shape index (κ1) is 12.5. The second kappa shape index (κ2) is 6.70. The first-order valence-electron chi connectivity index (χ1n) is 6.85. The molecular formula is C14H23N3. The standard InChI is InChI=1S/C14H23N3/c1-12(13-7-4-2-3-5-8-13)17-11-14-15-9-6-10-16-14/h6,9-10,12-13,17H,2-5,7-8,11H2,1H3/t12-/m0/s1. The number of nitrogens with one attached hydrogen (secondary N) is 1. The molecule has 17 heavy (non-hydrogen) atoms. The van der Waals surface area contributed by atoms with Crippen LogP contribution in [0.2, 0.25) is 0 Å². The lowest BCUT2D eigenvalue weighted by Crippen LogP contribution is -2.33. The normalized spacial score (nSPS) is 19.8. The molecule has 1 aromatic heterocycles. The van der Waals surface area contributed by atoms with Gasteiger partial charge in [-0.2, -0.15) is 0 Å². The van der Waals surface area contributed by atoms with E-state index in [1.54, 1.807) is 12.4 Å². The maximum atomic E-state index is 4.24. The van der Waals surface area contributed by atoms with Gasteiger partial charge >= 0.3 is 0 Å². The molecule has 2 rings (SSSR count). The van der Waals surface area contributed by atoms with Crippen LogP contribution >= 0.6 is 0 Å². The molecule has 0 amide bonds. The van der Waals surface area contributed by atoms with Crippen LogP contribution in [0.3, 0.4) is 0 Å². The third-order valence-electron chi connectivity index (χ3n) is 3.81. The summed E-state index contributed by atoms with van der Waals surface area (Å²) in [6, 6.07) is 2.44. The summed E-state index contributed by atoms with van der Waals surface area (Å²) in [6.45, 7) is 3.09. The molecule has 1 aliphatic carbocycles. The van der Waals surface area contributed by atoms with Crippen LogP contribution in [0.5, 0.6) is 0 Å². The molecule has 1 saturated carbocycles. The summed E-state index contributed by atoms with van der Waals surface area (Å²) >= 11 is 0. The van der Waals surface area contributed by atoms with Gasteiger partial charge in [-0.25, -0.2) is 9.97 Å². The third kappa shape index (κ3) is 4.08. The van der Waals surface area contributed by atoms with E-state index in [1.165, 1.54) is 38.5 Å². The number of hydrogen-bond donors (Lipinski definition) is 1. The zero-order valence-corrected chi connectivity index (χ0v) is 10.7. The number of hydrogen-bond acceptors (Lipinski definition) is 3. The predicted molar refractivity (Wildman–Crippen MR) is 69.5 cm³/mol. The molecule has 1 aromatic rings. The minimum absolute atomic E-state index is 0.580. The Labute approximate surface area is 104 Å². The summed E-state index contributed by atoms with van der Waals surface area (Å²) < 4.78 is 0. The Balaban J connectivity index is 1.78. The van der Waals surface area contributed by atoms with Crippen molar-refractivity contribution in [1.29, 1.82) is 0 Å². The fourth-order valence-corrected chi connectivity index (χ4v) is 2.65. The number of aromatic nitrogens is 2. The average Bonchev–Trinajstić information content (AvgIpc) is 2.66. The molecule has 0 unspecified atom stereocenters. The van der Waals surface area contributed by atoms with E-state index in [9.17, 15) is 0 Å². The van der Waals surface area contributed by atoms with Crippen LogP contribution in [0.25, 0.3) is 0 Å². The van der Waals surface area contributed by atoms with E-state index in [1.807, 2.05) is 6.07 Å². The summed E-state index contributed by atoms with van der Waals surface area (Å²) in [7, 11) is 0. The van der Waals surface area contributed by atoms with Crippen molar-refractivity contribution < 1.29 is 0 Å². The fourth-order valence-electron chi connectivity index (χ4n) is 2.65. The first-order valence-corrected chi connectivity index (χ1v) is 6.85. The Kier molecular flexibility index (Phi) is 4.92. The number of rotatable bonds is 4. The highest BCUT2D eigenvalue weighted by Gasteiger charge is 2.18. The van der Waals surface area contributed by atoms with Crippen molar-refractivity contribution in [2.45, 2.75) is 58.0 Å². The molecule has 0 aliphatic heterocycles. The molecule has 0 spiro atoms. The van der Waals surface area contributed by atoms with Crippen LogP contribution in [0.1, 0.15) is 51.3 Å². The molecule has 0 bridgehead atoms. The van der Waals surface area contributed by atoms with Crippen molar-refractivity contribution in [3.63, 3.8) is 0 Å². The minimum atomic E-state index is 0.580. The van der Waals surface area contributed by atoms with Crippen molar-refractivity contribution in [2.75, 3.05) is 0 Å². The van der Waals surface area contributed by atoms with Crippen molar-refractivity contribution in [1.82, 2.24) is 15.3 Å². The topological polar surface area (TPSA) is 37.8 Å². The van der Waals surface area contributed by atoms with Crippen molar-refractivity contribution >= 4 is 0 Å². The molecule has 0 radical (unpaired) electrons. The SMILES string of the molecule is C[C@H](NCc1ncccn1)C1CCCCCC1.